The van der Waals surface area contributed by atoms with Gasteiger partial charge in [0.25, 0.3) is 0 Å². The Morgan fingerprint density at radius 3 is 1.89 bits per heavy atom. The first-order valence-electron chi connectivity index (χ1n) is 7.36. The highest BCUT2D eigenvalue weighted by atomic mass is 15.2. The van der Waals surface area contributed by atoms with Gasteiger partial charge in [-0.15, -0.1) is 0 Å². The van der Waals surface area contributed by atoms with Crippen molar-refractivity contribution in [1.82, 2.24) is 25.8 Å². The molecule has 0 aromatic heterocycles. The second-order valence-electron chi connectivity index (χ2n) is 4.99. The molecule has 18 heavy (non-hydrogen) atoms. The first-order chi connectivity index (χ1) is 8.83. The summed E-state index contributed by atoms with van der Waals surface area (Å²) < 4.78 is 0. The van der Waals surface area contributed by atoms with Gasteiger partial charge in [0.15, 0.2) is 0 Å². The van der Waals surface area contributed by atoms with E-state index in [9.17, 15) is 0 Å². The van der Waals surface area contributed by atoms with E-state index in [0.717, 1.165) is 65.4 Å². The van der Waals surface area contributed by atoms with Gasteiger partial charge >= 0.3 is 0 Å². The van der Waals surface area contributed by atoms with Crippen LogP contribution in [0.1, 0.15) is 6.92 Å². The fourth-order valence-corrected chi connectivity index (χ4v) is 2.01. The number of hydrogen-bond acceptors (Lipinski definition) is 5. The summed E-state index contributed by atoms with van der Waals surface area (Å²) in [6.45, 7) is 14.5. The van der Waals surface area contributed by atoms with Crippen molar-refractivity contribution in [3.63, 3.8) is 0 Å². The molecule has 0 atom stereocenters. The average molecular weight is 257 g/mol. The number of hydrogen-bond donors (Lipinski definition) is 3. The second kappa shape index (κ2) is 10.7. The van der Waals surface area contributed by atoms with E-state index in [2.05, 4.69) is 39.7 Å². The molecule has 0 radical (unpaired) electrons. The van der Waals surface area contributed by atoms with E-state index < -0.39 is 0 Å². The molecule has 108 valence electrons. The highest BCUT2D eigenvalue weighted by molar-refractivity contribution is 4.66. The Bertz CT molecular complexity index is 176. The zero-order chi connectivity index (χ0) is 13.1. The SMILES string of the molecule is CCN(C)CCN1CCNCCNCCNCC1. The Morgan fingerprint density at radius 1 is 0.889 bits per heavy atom. The van der Waals surface area contributed by atoms with E-state index in [1.807, 2.05) is 0 Å². The molecule has 1 aliphatic rings. The van der Waals surface area contributed by atoms with Crippen LogP contribution in [0.25, 0.3) is 0 Å². The number of likely N-dealkylation sites (N-methyl/N-ethyl adjacent to an activating group) is 1. The third-order valence-electron chi connectivity index (χ3n) is 3.50. The van der Waals surface area contributed by atoms with Gasteiger partial charge in [0, 0.05) is 65.4 Å². The molecule has 0 bridgehead atoms. The lowest BCUT2D eigenvalue weighted by Crippen LogP contribution is -2.43. The molecular formula is C13H31N5. The zero-order valence-corrected chi connectivity index (χ0v) is 12.2. The second-order valence-corrected chi connectivity index (χ2v) is 4.99. The fourth-order valence-electron chi connectivity index (χ4n) is 2.01. The van der Waals surface area contributed by atoms with Crippen molar-refractivity contribution in [1.29, 1.82) is 0 Å². The van der Waals surface area contributed by atoms with Gasteiger partial charge in [0.05, 0.1) is 0 Å². The number of nitrogens with one attached hydrogen (secondary N) is 3. The van der Waals surface area contributed by atoms with Crippen LogP contribution in [0.5, 0.6) is 0 Å². The fraction of sp³-hybridized carbons (Fsp3) is 1.00. The summed E-state index contributed by atoms with van der Waals surface area (Å²) >= 11 is 0. The third kappa shape index (κ3) is 8.00. The Morgan fingerprint density at radius 2 is 1.39 bits per heavy atom. The highest BCUT2D eigenvalue weighted by Crippen LogP contribution is 1.90. The van der Waals surface area contributed by atoms with Crippen LogP contribution < -0.4 is 16.0 Å². The number of rotatable bonds is 4. The van der Waals surface area contributed by atoms with E-state index in [4.69, 9.17) is 0 Å². The monoisotopic (exact) mass is 257 g/mol. The van der Waals surface area contributed by atoms with Crippen LogP contribution in [0.3, 0.4) is 0 Å². The van der Waals surface area contributed by atoms with Crippen molar-refractivity contribution in [2.24, 2.45) is 0 Å². The summed E-state index contributed by atoms with van der Waals surface area (Å²) in [7, 11) is 2.19. The van der Waals surface area contributed by atoms with Crippen LogP contribution in [0.15, 0.2) is 0 Å². The lowest BCUT2D eigenvalue weighted by molar-refractivity contribution is 0.228. The molecular weight excluding hydrogens is 226 g/mol. The molecule has 1 fully saturated rings. The van der Waals surface area contributed by atoms with Crippen LogP contribution >= 0.6 is 0 Å². The lowest BCUT2D eigenvalue weighted by atomic mass is 10.4. The van der Waals surface area contributed by atoms with Gasteiger partial charge in [-0.2, -0.15) is 0 Å². The van der Waals surface area contributed by atoms with Crippen molar-refractivity contribution >= 4 is 0 Å². The molecule has 5 heteroatoms. The minimum Gasteiger partial charge on any atom is -0.314 e. The minimum absolute atomic E-state index is 1.07. The molecule has 3 N–H and O–H groups in total. The molecule has 1 saturated heterocycles. The van der Waals surface area contributed by atoms with Gasteiger partial charge in [-0.05, 0) is 13.6 Å². The van der Waals surface area contributed by atoms with Gasteiger partial charge in [-0.3, -0.25) is 4.90 Å². The maximum atomic E-state index is 3.50. The standard InChI is InChI=1S/C13H31N5/c1-3-17(2)12-13-18-10-8-15-6-4-14-5-7-16-9-11-18/h14-16H,3-13H2,1-2H3. The van der Waals surface area contributed by atoms with E-state index in [-0.39, 0.29) is 0 Å². The number of nitrogens with zero attached hydrogens (tertiary/aromatic N) is 2. The van der Waals surface area contributed by atoms with E-state index in [1.54, 1.807) is 0 Å². The van der Waals surface area contributed by atoms with Gasteiger partial charge < -0.3 is 20.9 Å². The Balaban J connectivity index is 2.23. The topological polar surface area (TPSA) is 42.6 Å². The van der Waals surface area contributed by atoms with E-state index in [1.165, 1.54) is 6.54 Å². The van der Waals surface area contributed by atoms with Gasteiger partial charge in [-0.25, -0.2) is 0 Å². The molecule has 1 rings (SSSR count). The highest BCUT2D eigenvalue weighted by Gasteiger charge is 2.06. The van der Waals surface area contributed by atoms with Crippen LogP contribution in [-0.2, 0) is 0 Å². The predicted molar refractivity (Wildman–Crippen MR) is 78.2 cm³/mol. The Labute approximate surface area is 112 Å². The molecule has 1 heterocycles. The Kier molecular flexibility index (Phi) is 9.42. The van der Waals surface area contributed by atoms with Gasteiger partial charge in [0.1, 0.15) is 0 Å². The van der Waals surface area contributed by atoms with Gasteiger partial charge in [-0.1, -0.05) is 6.92 Å². The molecule has 0 amide bonds. The smallest absolute Gasteiger partial charge is 0.0110 e. The quantitative estimate of drug-likeness (QED) is 0.604. The van der Waals surface area contributed by atoms with Crippen molar-refractivity contribution in [3.05, 3.63) is 0 Å². The molecule has 0 unspecified atom stereocenters. The maximum Gasteiger partial charge on any atom is 0.0110 e. The van der Waals surface area contributed by atoms with Crippen LogP contribution in [0.4, 0.5) is 0 Å². The minimum atomic E-state index is 1.07. The normalized spacial score (nSPS) is 21.5. The first-order valence-corrected chi connectivity index (χ1v) is 7.36. The third-order valence-corrected chi connectivity index (χ3v) is 3.50. The molecule has 0 aromatic rings. The van der Waals surface area contributed by atoms with E-state index in [0.29, 0.717) is 0 Å². The summed E-state index contributed by atoms with van der Waals surface area (Å²) in [5.74, 6) is 0. The summed E-state index contributed by atoms with van der Waals surface area (Å²) in [5.41, 5.74) is 0. The molecule has 0 saturated carbocycles. The van der Waals surface area contributed by atoms with Crippen molar-refractivity contribution in [2.75, 3.05) is 79.0 Å². The molecule has 0 aliphatic carbocycles. The molecule has 0 aromatic carbocycles. The first kappa shape index (κ1) is 15.9. The summed E-state index contributed by atoms with van der Waals surface area (Å²) in [6, 6.07) is 0. The zero-order valence-electron chi connectivity index (χ0n) is 12.2. The predicted octanol–water partition coefficient (Wildman–Crippen LogP) is -0.977. The lowest BCUT2D eigenvalue weighted by Gasteiger charge is -2.25. The largest absolute Gasteiger partial charge is 0.314 e. The summed E-state index contributed by atoms with van der Waals surface area (Å²) in [6.07, 6.45) is 0. The van der Waals surface area contributed by atoms with Crippen molar-refractivity contribution in [2.45, 2.75) is 6.92 Å². The molecule has 1 aliphatic heterocycles. The van der Waals surface area contributed by atoms with Crippen molar-refractivity contribution < 1.29 is 0 Å². The van der Waals surface area contributed by atoms with E-state index >= 15 is 0 Å². The van der Waals surface area contributed by atoms with Crippen LogP contribution in [0, 0.1) is 0 Å². The maximum absolute atomic E-state index is 3.50. The van der Waals surface area contributed by atoms with Crippen LogP contribution in [0.2, 0.25) is 0 Å². The summed E-state index contributed by atoms with van der Waals surface area (Å²) in [5, 5.41) is 10.4. The summed E-state index contributed by atoms with van der Waals surface area (Å²) in [4.78, 5) is 4.93. The molecule has 5 nitrogen and oxygen atoms in total. The van der Waals surface area contributed by atoms with Crippen LogP contribution in [-0.4, -0.2) is 88.8 Å². The molecule has 0 spiro atoms. The van der Waals surface area contributed by atoms with Crippen molar-refractivity contribution in [3.8, 4) is 0 Å². The Hall–Kier alpha value is -0.200. The average Bonchev–Trinajstić information content (AvgIpc) is 2.37. The van der Waals surface area contributed by atoms with Gasteiger partial charge in [0.2, 0.25) is 0 Å².